The molecule has 0 radical (unpaired) electrons. The Hall–Kier alpha value is -1.87. The van der Waals surface area contributed by atoms with Gasteiger partial charge in [0, 0.05) is 18.0 Å². The second-order valence-corrected chi connectivity index (χ2v) is 4.26. The molecule has 0 unspecified atom stereocenters. The number of fused-ring (bicyclic) bond motifs is 1. The van der Waals surface area contributed by atoms with Crippen LogP contribution in [0.4, 0.5) is 0 Å². The fraction of sp³-hybridized carbons (Fsp3) is 0.0769. The summed E-state index contributed by atoms with van der Waals surface area (Å²) >= 11 is 6.29. The van der Waals surface area contributed by atoms with E-state index >= 15 is 0 Å². The van der Waals surface area contributed by atoms with E-state index in [4.69, 9.17) is 11.6 Å². The highest BCUT2D eigenvalue weighted by atomic mass is 35.5. The molecule has 3 rings (SSSR count). The standard InChI is InChI=1S/C13H10ClN3/c1-9-3-5-10(6-4-9)11-12(14)17-8-2-7-15-13(17)16-11/h2-8H,1H3. The van der Waals surface area contributed by atoms with E-state index in [2.05, 4.69) is 16.9 Å². The smallest absolute Gasteiger partial charge is 0.235 e. The van der Waals surface area contributed by atoms with Crippen molar-refractivity contribution < 1.29 is 0 Å². The topological polar surface area (TPSA) is 30.2 Å². The summed E-state index contributed by atoms with van der Waals surface area (Å²) in [6, 6.07) is 9.96. The van der Waals surface area contributed by atoms with Crippen LogP contribution in [0.2, 0.25) is 5.15 Å². The molecule has 0 atom stereocenters. The van der Waals surface area contributed by atoms with Crippen LogP contribution < -0.4 is 0 Å². The Morgan fingerprint density at radius 2 is 1.94 bits per heavy atom. The third kappa shape index (κ3) is 1.68. The highest BCUT2D eigenvalue weighted by Crippen LogP contribution is 2.27. The lowest BCUT2D eigenvalue weighted by atomic mass is 10.1. The van der Waals surface area contributed by atoms with Gasteiger partial charge in [0.05, 0.1) is 0 Å². The summed E-state index contributed by atoms with van der Waals surface area (Å²) in [4.78, 5) is 8.61. The molecule has 3 nitrogen and oxygen atoms in total. The van der Waals surface area contributed by atoms with E-state index in [0.717, 1.165) is 11.3 Å². The summed E-state index contributed by atoms with van der Waals surface area (Å²) in [6.45, 7) is 2.05. The molecule has 84 valence electrons. The van der Waals surface area contributed by atoms with Gasteiger partial charge in [0.15, 0.2) is 0 Å². The number of benzene rings is 1. The predicted molar refractivity (Wildman–Crippen MR) is 68.2 cm³/mol. The molecular formula is C13H10ClN3. The van der Waals surface area contributed by atoms with Gasteiger partial charge >= 0.3 is 0 Å². The normalized spacial score (nSPS) is 10.9. The summed E-state index contributed by atoms with van der Waals surface area (Å²) < 4.78 is 1.77. The summed E-state index contributed by atoms with van der Waals surface area (Å²) in [7, 11) is 0. The van der Waals surface area contributed by atoms with Crippen molar-refractivity contribution in [2.45, 2.75) is 6.92 Å². The highest BCUT2D eigenvalue weighted by Gasteiger charge is 2.11. The number of nitrogens with zero attached hydrogens (tertiary/aromatic N) is 3. The molecule has 0 aliphatic carbocycles. The Morgan fingerprint density at radius 3 is 2.65 bits per heavy atom. The van der Waals surface area contributed by atoms with Crippen LogP contribution in [0, 0.1) is 6.92 Å². The van der Waals surface area contributed by atoms with Gasteiger partial charge in [-0.1, -0.05) is 41.4 Å². The van der Waals surface area contributed by atoms with Gasteiger partial charge in [0.1, 0.15) is 10.8 Å². The Kier molecular flexibility index (Phi) is 2.34. The number of imidazole rings is 1. The van der Waals surface area contributed by atoms with E-state index in [0.29, 0.717) is 10.9 Å². The Bertz CT molecular complexity index is 671. The molecule has 2 heterocycles. The average Bonchev–Trinajstić information content (AvgIpc) is 2.69. The van der Waals surface area contributed by atoms with Crippen LogP contribution in [0.25, 0.3) is 17.0 Å². The maximum absolute atomic E-state index is 6.29. The summed E-state index contributed by atoms with van der Waals surface area (Å²) in [5.41, 5.74) is 2.99. The van der Waals surface area contributed by atoms with Gasteiger partial charge < -0.3 is 0 Å². The van der Waals surface area contributed by atoms with Gasteiger partial charge in [-0.2, -0.15) is 0 Å². The molecule has 0 saturated carbocycles. The zero-order chi connectivity index (χ0) is 11.8. The molecule has 17 heavy (non-hydrogen) atoms. The Balaban J connectivity index is 2.24. The van der Waals surface area contributed by atoms with E-state index < -0.39 is 0 Å². The molecule has 0 N–H and O–H groups in total. The molecule has 4 heteroatoms. The molecule has 0 aliphatic rings. The van der Waals surface area contributed by atoms with Crippen LogP contribution in [0.5, 0.6) is 0 Å². The third-order valence-electron chi connectivity index (χ3n) is 2.67. The van der Waals surface area contributed by atoms with Gasteiger partial charge in [0.2, 0.25) is 5.78 Å². The number of hydrogen-bond donors (Lipinski definition) is 0. The lowest BCUT2D eigenvalue weighted by Gasteiger charge is -1.98. The SMILES string of the molecule is Cc1ccc(-c2nc3ncccn3c2Cl)cc1. The number of halogens is 1. The van der Waals surface area contributed by atoms with Crippen molar-refractivity contribution in [3.8, 4) is 11.3 Å². The zero-order valence-corrected chi connectivity index (χ0v) is 10.0. The van der Waals surface area contributed by atoms with Crippen LogP contribution in [0.15, 0.2) is 42.7 Å². The van der Waals surface area contributed by atoms with Crippen LogP contribution in [0.1, 0.15) is 5.56 Å². The van der Waals surface area contributed by atoms with E-state index in [1.165, 1.54) is 5.56 Å². The van der Waals surface area contributed by atoms with E-state index in [9.17, 15) is 0 Å². The van der Waals surface area contributed by atoms with Gasteiger partial charge in [-0.05, 0) is 13.0 Å². The van der Waals surface area contributed by atoms with Gasteiger partial charge in [-0.3, -0.25) is 4.40 Å². The lowest BCUT2D eigenvalue weighted by Crippen LogP contribution is -1.84. The molecule has 0 saturated heterocycles. The number of rotatable bonds is 1. The minimum atomic E-state index is 0.594. The van der Waals surface area contributed by atoms with Crippen molar-refractivity contribution >= 4 is 17.4 Å². The molecule has 3 aromatic rings. The van der Waals surface area contributed by atoms with Crippen molar-refractivity contribution in [1.29, 1.82) is 0 Å². The van der Waals surface area contributed by atoms with Crippen LogP contribution >= 0.6 is 11.6 Å². The second kappa shape index (κ2) is 3.86. The summed E-state index contributed by atoms with van der Waals surface area (Å²) in [5.74, 6) is 0.619. The van der Waals surface area contributed by atoms with E-state index in [1.807, 2.05) is 36.5 Å². The van der Waals surface area contributed by atoms with Crippen molar-refractivity contribution in [3.05, 3.63) is 53.4 Å². The highest BCUT2D eigenvalue weighted by molar-refractivity contribution is 6.32. The third-order valence-corrected chi connectivity index (χ3v) is 3.03. The fourth-order valence-electron chi connectivity index (χ4n) is 1.75. The minimum absolute atomic E-state index is 0.594. The largest absolute Gasteiger partial charge is 0.274 e. The number of hydrogen-bond acceptors (Lipinski definition) is 2. The summed E-state index contributed by atoms with van der Waals surface area (Å²) in [6.07, 6.45) is 3.56. The van der Waals surface area contributed by atoms with Crippen LogP contribution in [-0.2, 0) is 0 Å². The van der Waals surface area contributed by atoms with Gasteiger partial charge in [-0.25, -0.2) is 9.97 Å². The zero-order valence-electron chi connectivity index (χ0n) is 9.26. The molecule has 0 amide bonds. The van der Waals surface area contributed by atoms with E-state index in [1.54, 1.807) is 10.6 Å². The van der Waals surface area contributed by atoms with Crippen molar-refractivity contribution in [1.82, 2.24) is 14.4 Å². The molecule has 1 aromatic carbocycles. The molecular weight excluding hydrogens is 234 g/mol. The molecule has 0 fully saturated rings. The first kappa shape index (κ1) is 10.3. The lowest BCUT2D eigenvalue weighted by molar-refractivity contribution is 1.11. The van der Waals surface area contributed by atoms with Crippen molar-refractivity contribution in [2.75, 3.05) is 0 Å². The second-order valence-electron chi connectivity index (χ2n) is 3.91. The maximum atomic E-state index is 6.29. The quantitative estimate of drug-likeness (QED) is 0.656. The Labute approximate surface area is 104 Å². The van der Waals surface area contributed by atoms with Crippen molar-refractivity contribution in [3.63, 3.8) is 0 Å². The maximum Gasteiger partial charge on any atom is 0.235 e. The number of aryl methyl sites for hydroxylation is 1. The predicted octanol–water partition coefficient (Wildman–Crippen LogP) is 3.36. The van der Waals surface area contributed by atoms with Crippen LogP contribution in [-0.4, -0.2) is 14.4 Å². The number of aromatic nitrogens is 3. The van der Waals surface area contributed by atoms with Crippen molar-refractivity contribution in [2.24, 2.45) is 0 Å². The Morgan fingerprint density at radius 1 is 1.18 bits per heavy atom. The molecule has 2 aromatic heterocycles. The fourth-order valence-corrected chi connectivity index (χ4v) is 2.04. The van der Waals surface area contributed by atoms with Crippen LogP contribution in [0.3, 0.4) is 0 Å². The van der Waals surface area contributed by atoms with E-state index in [-0.39, 0.29) is 0 Å². The first-order chi connectivity index (χ1) is 8.25. The molecule has 0 aliphatic heterocycles. The molecule has 0 spiro atoms. The van der Waals surface area contributed by atoms with Gasteiger partial charge in [0.25, 0.3) is 0 Å². The average molecular weight is 244 g/mol. The first-order valence-electron chi connectivity index (χ1n) is 5.31. The summed E-state index contributed by atoms with van der Waals surface area (Å²) in [5, 5.41) is 0.594. The minimum Gasteiger partial charge on any atom is -0.274 e. The molecule has 0 bridgehead atoms. The monoisotopic (exact) mass is 243 g/mol. The van der Waals surface area contributed by atoms with Gasteiger partial charge in [-0.15, -0.1) is 0 Å². The first-order valence-corrected chi connectivity index (χ1v) is 5.69.